The summed E-state index contributed by atoms with van der Waals surface area (Å²) in [7, 11) is 0. The highest BCUT2D eigenvalue weighted by Crippen LogP contribution is 2.24. The van der Waals surface area contributed by atoms with Crippen LogP contribution in [0, 0.1) is 12.0 Å². The molecule has 1 aliphatic rings. The Balaban J connectivity index is 1.42. The fourth-order valence-electron chi connectivity index (χ4n) is 2.43. The molecule has 0 unspecified atom stereocenters. The standard InChI is InChI=1S/C16H23O2/c1-2-6-15(7-3-1)10-11-17-12-13-18-14-16-8-4-5-9-16/h2-3,6-7,16H,4-5,8-14H2. The van der Waals surface area contributed by atoms with Gasteiger partial charge in [0.2, 0.25) is 0 Å². The SMILES string of the molecule is [c]1ccc(CCOCCOCC2CCCC2)cc1. The normalized spacial score (nSPS) is 16.2. The summed E-state index contributed by atoms with van der Waals surface area (Å²) in [5, 5.41) is 0. The molecular formula is C16H23O2. The van der Waals surface area contributed by atoms with E-state index in [1.807, 2.05) is 12.1 Å². The van der Waals surface area contributed by atoms with Crippen molar-refractivity contribution in [2.75, 3.05) is 26.4 Å². The Hall–Kier alpha value is -0.860. The second-order valence-corrected chi connectivity index (χ2v) is 5.00. The van der Waals surface area contributed by atoms with E-state index in [1.54, 1.807) is 0 Å². The van der Waals surface area contributed by atoms with Gasteiger partial charge in [-0.15, -0.1) is 0 Å². The van der Waals surface area contributed by atoms with E-state index in [-0.39, 0.29) is 0 Å². The lowest BCUT2D eigenvalue weighted by molar-refractivity contribution is 0.0351. The van der Waals surface area contributed by atoms with Crippen LogP contribution < -0.4 is 0 Å². The highest BCUT2D eigenvalue weighted by molar-refractivity contribution is 5.13. The van der Waals surface area contributed by atoms with Crippen molar-refractivity contribution in [3.05, 3.63) is 35.9 Å². The molecule has 0 atom stereocenters. The van der Waals surface area contributed by atoms with Crippen LogP contribution in [0.1, 0.15) is 31.2 Å². The van der Waals surface area contributed by atoms with Gasteiger partial charge in [0.05, 0.1) is 19.8 Å². The monoisotopic (exact) mass is 247 g/mol. The third-order valence-electron chi connectivity index (χ3n) is 3.52. The van der Waals surface area contributed by atoms with Crippen LogP contribution in [-0.2, 0) is 15.9 Å². The first kappa shape index (κ1) is 13.6. The molecule has 1 aromatic carbocycles. The molecule has 2 rings (SSSR count). The van der Waals surface area contributed by atoms with Gasteiger partial charge >= 0.3 is 0 Å². The molecule has 2 heteroatoms. The summed E-state index contributed by atoms with van der Waals surface area (Å²) < 4.78 is 11.2. The van der Waals surface area contributed by atoms with Gasteiger partial charge < -0.3 is 9.47 Å². The van der Waals surface area contributed by atoms with Crippen molar-refractivity contribution in [3.63, 3.8) is 0 Å². The van der Waals surface area contributed by atoms with Crippen LogP contribution in [0.15, 0.2) is 24.3 Å². The van der Waals surface area contributed by atoms with E-state index in [4.69, 9.17) is 9.47 Å². The zero-order chi connectivity index (χ0) is 12.5. The fourth-order valence-corrected chi connectivity index (χ4v) is 2.43. The maximum atomic E-state index is 5.64. The molecule has 1 fully saturated rings. The number of hydrogen-bond acceptors (Lipinski definition) is 2. The Bertz CT molecular complexity index is 304. The predicted molar refractivity (Wildman–Crippen MR) is 72.6 cm³/mol. The van der Waals surface area contributed by atoms with E-state index in [0.29, 0.717) is 6.61 Å². The predicted octanol–water partition coefficient (Wildman–Crippen LogP) is 3.25. The zero-order valence-corrected chi connectivity index (χ0v) is 11.1. The zero-order valence-electron chi connectivity index (χ0n) is 11.1. The van der Waals surface area contributed by atoms with Crippen LogP contribution in [0.3, 0.4) is 0 Å². The molecule has 1 saturated carbocycles. The molecule has 1 aliphatic carbocycles. The summed E-state index contributed by atoms with van der Waals surface area (Å²) in [5.74, 6) is 0.811. The Morgan fingerprint density at radius 2 is 1.72 bits per heavy atom. The minimum absolute atomic E-state index is 0.714. The van der Waals surface area contributed by atoms with Crippen LogP contribution >= 0.6 is 0 Å². The highest BCUT2D eigenvalue weighted by Gasteiger charge is 2.14. The van der Waals surface area contributed by atoms with Gasteiger partial charge in [0, 0.05) is 6.61 Å². The van der Waals surface area contributed by atoms with Crippen molar-refractivity contribution in [1.82, 2.24) is 0 Å². The van der Waals surface area contributed by atoms with Gasteiger partial charge in [-0.25, -0.2) is 0 Å². The summed E-state index contributed by atoms with van der Waals surface area (Å²) in [6, 6.07) is 11.1. The van der Waals surface area contributed by atoms with E-state index in [2.05, 4.69) is 18.2 Å². The van der Waals surface area contributed by atoms with E-state index in [0.717, 1.165) is 32.2 Å². The molecule has 0 saturated heterocycles. The molecule has 0 heterocycles. The van der Waals surface area contributed by atoms with Gasteiger partial charge in [-0.1, -0.05) is 37.1 Å². The van der Waals surface area contributed by atoms with E-state index < -0.39 is 0 Å². The van der Waals surface area contributed by atoms with E-state index in [9.17, 15) is 0 Å². The van der Waals surface area contributed by atoms with Crippen molar-refractivity contribution in [3.8, 4) is 0 Å². The molecule has 0 bridgehead atoms. The first-order valence-electron chi connectivity index (χ1n) is 7.05. The molecule has 99 valence electrons. The van der Waals surface area contributed by atoms with Gasteiger partial charge in [-0.2, -0.15) is 0 Å². The van der Waals surface area contributed by atoms with Crippen LogP contribution in [0.5, 0.6) is 0 Å². The Morgan fingerprint density at radius 1 is 1.00 bits per heavy atom. The van der Waals surface area contributed by atoms with Gasteiger partial charge in [0.15, 0.2) is 0 Å². The topological polar surface area (TPSA) is 18.5 Å². The average molecular weight is 247 g/mol. The molecule has 0 N–H and O–H groups in total. The van der Waals surface area contributed by atoms with Gasteiger partial charge in [-0.3, -0.25) is 0 Å². The summed E-state index contributed by atoms with van der Waals surface area (Å²) in [5.41, 5.74) is 1.31. The van der Waals surface area contributed by atoms with E-state index >= 15 is 0 Å². The molecule has 18 heavy (non-hydrogen) atoms. The first-order valence-corrected chi connectivity index (χ1v) is 7.05. The molecule has 2 nitrogen and oxygen atoms in total. The van der Waals surface area contributed by atoms with Crippen LogP contribution in [-0.4, -0.2) is 26.4 Å². The maximum Gasteiger partial charge on any atom is 0.0700 e. The maximum absolute atomic E-state index is 5.64. The van der Waals surface area contributed by atoms with Crippen LogP contribution in [0.25, 0.3) is 0 Å². The molecule has 0 aromatic heterocycles. The smallest absolute Gasteiger partial charge is 0.0700 e. The van der Waals surface area contributed by atoms with E-state index in [1.165, 1.54) is 31.2 Å². The average Bonchev–Trinajstić information content (AvgIpc) is 2.92. The van der Waals surface area contributed by atoms with Crippen molar-refractivity contribution in [1.29, 1.82) is 0 Å². The third-order valence-corrected chi connectivity index (χ3v) is 3.52. The lowest BCUT2D eigenvalue weighted by Crippen LogP contribution is -2.11. The minimum Gasteiger partial charge on any atom is -0.379 e. The third kappa shape index (κ3) is 5.19. The second kappa shape index (κ2) is 8.28. The van der Waals surface area contributed by atoms with Gasteiger partial charge in [0.1, 0.15) is 0 Å². The number of hydrogen-bond donors (Lipinski definition) is 0. The lowest BCUT2D eigenvalue weighted by atomic mass is 10.1. The van der Waals surface area contributed by atoms with Gasteiger partial charge in [-0.05, 0) is 36.8 Å². The minimum atomic E-state index is 0.714. The Labute approximate surface area is 110 Å². The summed E-state index contributed by atoms with van der Waals surface area (Å²) in [4.78, 5) is 0. The molecule has 1 aromatic rings. The van der Waals surface area contributed by atoms with Crippen LogP contribution in [0.4, 0.5) is 0 Å². The lowest BCUT2D eigenvalue weighted by Gasteiger charge is -2.10. The molecule has 0 amide bonds. The number of rotatable bonds is 8. The highest BCUT2D eigenvalue weighted by atomic mass is 16.5. The van der Waals surface area contributed by atoms with Crippen molar-refractivity contribution in [2.45, 2.75) is 32.1 Å². The molecular weight excluding hydrogens is 224 g/mol. The summed E-state index contributed by atoms with van der Waals surface area (Å²) in [6.45, 7) is 3.15. The van der Waals surface area contributed by atoms with Gasteiger partial charge in [0.25, 0.3) is 0 Å². The summed E-state index contributed by atoms with van der Waals surface area (Å²) >= 11 is 0. The largest absolute Gasteiger partial charge is 0.379 e. The Kier molecular flexibility index (Phi) is 6.24. The van der Waals surface area contributed by atoms with Crippen molar-refractivity contribution in [2.24, 2.45) is 5.92 Å². The van der Waals surface area contributed by atoms with Crippen molar-refractivity contribution < 1.29 is 9.47 Å². The second-order valence-electron chi connectivity index (χ2n) is 5.00. The van der Waals surface area contributed by atoms with Crippen LogP contribution in [0.2, 0.25) is 0 Å². The molecule has 0 spiro atoms. The number of benzene rings is 1. The fraction of sp³-hybridized carbons (Fsp3) is 0.625. The summed E-state index contributed by atoms with van der Waals surface area (Å²) in [6.07, 6.45) is 6.45. The molecule has 0 aliphatic heterocycles. The Morgan fingerprint density at radius 3 is 2.50 bits per heavy atom. The first-order chi connectivity index (χ1) is 8.95. The number of ether oxygens (including phenoxy) is 2. The quantitative estimate of drug-likeness (QED) is 0.656. The molecule has 1 radical (unpaired) electrons. The van der Waals surface area contributed by atoms with Crippen molar-refractivity contribution >= 4 is 0 Å².